The highest BCUT2D eigenvalue weighted by Crippen LogP contribution is 2.04. The summed E-state index contributed by atoms with van der Waals surface area (Å²) in [5, 5.41) is 3.35. The second-order valence-electron chi connectivity index (χ2n) is 5.14. The topological polar surface area (TPSA) is 45.5 Å². The molecule has 0 saturated carbocycles. The van der Waals surface area contributed by atoms with Gasteiger partial charge >= 0.3 is 0 Å². The summed E-state index contributed by atoms with van der Waals surface area (Å²) < 4.78 is 2.12. The molecule has 6 heteroatoms. The van der Waals surface area contributed by atoms with E-state index in [4.69, 9.17) is 0 Å². The normalized spacial score (nSPS) is 11.0. The van der Waals surface area contributed by atoms with Crippen molar-refractivity contribution in [1.29, 1.82) is 0 Å². The average Bonchev–Trinajstić information content (AvgIpc) is 2.85. The van der Waals surface area contributed by atoms with Crippen LogP contribution in [0.5, 0.6) is 0 Å². The highest BCUT2D eigenvalue weighted by Gasteiger charge is 2.08. The molecule has 0 spiro atoms. The van der Waals surface area contributed by atoms with Crippen LogP contribution in [0.3, 0.4) is 0 Å². The van der Waals surface area contributed by atoms with Crippen molar-refractivity contribution in [2.75, 3.05) is 14.1 Å². The lowest BCUT2D eigenvalue weighted by Crippen LogP contribution is -2.38. The molecule has 0 bridgehead atoms. The standard InChI is InChI=1S/C16H23N5.HI/c1-13-7-5-8-14(19-13)11-18-16(17-2)21(4)12-15-9-6-10-20(15)3;/h5-10H,11-12H2,1-4H3,(H,17,18);1H. The fourth-order valence-electron chi connectivity index (χ4n) is 2.23. The maximum Gasteiger partial charge on any atom is 0.194 e. The van der Waals surface area contributed by atoms with Gasteiger partial charge in [-0.05, 0) is 31.2 Å². The van der Waals surface area contributed by atoms with Crippen molar-refractivity contribution < 1.29 is 0 Å². The van der Waals surface area contributed by atoms with Gasteiger partial charge in [0.15, 0.2) is 5.96 Å². The van der Waals surface area contributed by atoms with Gasteiger partial charge in [0.1, 0.15) is 0 Å². The van der Waals surface area contributed by atoms with Gasteiger partial charge < -0.3 is 14.8 Å². The summed E-state index contributed by atoms with van der Waals surface area (Å²) in [4.78, 5) is 10.9. The predicted molar refractivity (Wildman–Crippen MR) is 101 cm³/mol. The summed E-state index contributed by atoms with van der Waals surface area (Å²) in [5.74, 6) is 0.861. The summed E-state index contributed by atoms with van der Waals surface area (Å²) in [5.41, 5.74) is 3.29. The van der Waals surface area contributed by atoms with Gasteiger partial charge in [-0.1, -0.05) is 6.07 Å². The summed E-state index contributed by atoms with van der Waals surface area (Å²) in [6, 6.07) is 10.2. The van der Waals surface area contributed by atoms with E-state index >= 15 is 0 Å². The van der Waals surface area contributed by atoms with E-state index in [1.165, 1.54) is 5.69 Å². The van der Waals surface area contributed by atoms with Crippen molar-refractivity contribution in [3.63, 3.8) is 0 Å². The van der Waals surface area contributed by atoms with E-state index in [0.717, 1.165) is 23.9 Å². The van der Waals surface area contributed by atoms with E-state index in [0.29, 0.717) is 6.54 Å². The lowest BCUT2D eigenvalue weighted by atomic mass is 10.3. The Kier molecular flexibility index (Phi) is 7.37. The monoisotopic (exact) mass is 413 g/mol. The van der Waals surface area contributed by atoms with Crippen LogP contribution in [0, 0.1) is 6.92 Å². The molecule has 0 aromatic carbocycles. The molecule has 5 nitrogen and oxygen atoms in total. The predicted octanol–water partition coefficient (Wildman–Crippen LogP) is 2.55. The number of nitrogens with zero attached hydrogens (tertiary/aromatic N) is 4. The van der Waals surface area contributed by atoms with Gasteiger partial charge in [-0.2, -0.15) is 0 Å². The van der Waals surface area contributed by atoms with Crippen LogP contribution >= 0.6 is 24.0 Å². The van der Waals surface area contributed by atoms with Crippen LogP contribution in [-0.4, -0.2) is 34.5 Å². The number of nitrogens with one attached hydrogen (secondary N) is 1. The highest BCUT2D eigenvalue weighted by molar-refractivity contribution is 14.0. The molecule has 2 aromatic heterocycles. The Labute approximate surface area is 149 Å². The Morgan fingerprint density at radius 1 is 1.32 bits per heavy atom. The minimum Gasteiger partial charge on any atom is -0.353 e. The molecule has 0 atom stereocenters. The SMILES string of the molecule is CN=C(NCc1cccc(C)n1)N(C)Cc1cccn1C.I. The largest absolute Gasteiger partial charge is 0.353 e. The van der Waals surface area contributed by atoms with Gasteiger partial charge in [0.05, 0.1) is 18.8 Å². The first-order valence-corrected chi connectivity index (χ1v) is 7.04. The molecule has 0 aliphatic carbocycles. The number of aliphatic imine (C=N–C) groups is 1. The first kappa shape index (κ1) is 18.5. The van der Waals surface area contributed by atoms with Crippen LogP contribution < -0.4 is 5.32 Å². The molecular weight excluding hydrogens is 389 g/mol. The molecule has 2 aromatic rings. The molecule has 22 heavy (non-hydrogen) atoms. The zero-order valence-electron chi connectivity index (χ0n) is 13.6. The van der Waals surface area contributed by atoms with Crippen molar-refractivity contribution in [1.82, 2.24) is 19.8 Å². The Morgan fingerprint density at radius 3 is 2.68 bits per heavy atom. The summed E-state index contributed by atoms with van der Waals surface area (Å²) >= 11 is 0. The molecule has 0 fully saturated rings. The number of pyridine rings is 1. The highest BCUT2D eigenvalue weighted by atomic mass is 127. The van der Waals surface area contributed by atoms with Gasteiger partial charge in [0, 0.05) is 38.7 Å². The molecule has 2 heterocycles. The third-order valence-electron chi connectivity index (χ3n) is 3.40. The second-order valence-corrected chi connectivity index (χ2v) is 5.14. The molecule has 1 N–H and O–H groups in total. The van der Waals surface area contributed by atoms with Crippen LogP contribution in [0.15, 0.2) is 41.5 Å². The molecule has 120 valence electrons. The molecule has 0 radical (unpaired) electrons. The molecular formula is C16H24IN5. The number of rotatable bonds is 4. The quantitative estimate of drug-likeness (QED) is 0.476. The summed E-state index contributed by atoms with van der Waals surface area (Å²) in [6.07, 6.45) is 2.05. The number of hydrogen-bond donors (Lipinski definition) is 1. The van der Waals surface area contributed by atoms with Gasteiger partial charge in [-0.3, -0.25) is 9.98 Å². The van der Waals surface area contributed by atoms with Crippen molar-refractivity contribution in [3.8, 4) is 0 Å². The fourth-order valence-corrected chi connectivity index (χ4v) is 2.23. The maximum absolute atomic E-state index is 4.49. The van der Waals surface area contributed by atoms with Crippen molar-refractivity contribution in [2.45, 2.75) is 20.0 Å². The van der Waals surface area contributed by atoms with E-state index in [1.54, 1.807) is 7.05 Å². The van der Waals surface area contributed by atoms with Crippen LogP contribution in [0.2, 0.25) is 0 Å². The average molecular weight is 413 g/mol. The lowest BCUT2D eigenvalue weighted by molar-refractivity contribution is 0.461. The van der Waals surface area contributed by atoms with Crippen molar-refractivity contribution in [2.24, 2.45) is 12.0 Å². The first-order valence-electron chi connectivity index (χ1n) is 7.04. The fraction of sp³-hybridized carbons (Fsp3) is 0.375. The smallest absolute Gasteiger partial charge is 0.194 e. The maximum atomic E-state index is 4.49. The van der Waals surface area contributed by atoms with Crippen LogP contribution in [0.1, 0.15) is 17.1 Å². The van der Waals surface area contributed by atoms with Crippen molar-refractivity contribution in [3.05, 3.63) is 53.6 Å². The molecule has 0 aliphatic rings. The first-order chi connectivity index (χ1) is 10.1. The van der Waals surface area contributed by atoms with Gasteiger partial charge in [-0.15, -0.1) is 24.0 Å². The van der Waals surface area contributed by atoms with Crippen LogP contribution in [-0.2, 0) is 20.1 Å². The Morgan fingerprint density at radius 2 is 2.09 bits per heavy atom. The van der Waals surface area contributed by atoms with E-state index in [2.05, 4.69) is 50.1 Å². The van der Waals surface area contributed by atoms with Gasteiger partial charge in [0.25, 0.3) is 0 Å². The van der Waals surface area contributed by atoms with Gasteiger partial charge in [-0.25, -0.2) is 0 Å². The zero-order valence-corrected chi connectivity index (χ0v) is 15.9. The Hall–Kier alpha value is -1.57. The number of hydrogen-bond acceptors (Lipinski definition) is 2. The van der Waals surface area contributed by atoms with E-state index in [1.807, 2.05) is 32.2 Å². The number of aryl methyl sites for hydroxylation is 2. The third-order valence-corrected chi connectivity index (χ3v) is 3.40. The number of guanidine groups is 1. The molecule has 2 rings (SSSR count). The molecule has 0 aliphatic heterocycles. The molecule has 0 amide bonds. The van der Waals surface area contributed by atoms with Crippen LogP contribution in [0.25, 0.3) is 0 Å². The van der Waals surface area contributed by atoms with Gasteiger partial charge in [0.2, 0.25) is 0 Å². The number of aromatic nitrogens is 2. The zero-order chi connectivity index (χ0) is 15.2. The Balaban J connectivity index is 0.00000242. The lowest BCUT2D eigenvalue weighted by Gasteiger charge is -2.22. The molecule has 0 saturated heterocycles. The number of halogens is 1. The third kappa shape index (κ3) is 5.01. The van der Waals surface area contributed by atoms with Crippen molar-refractivity contribution >= 4 is 29.9 Å². The minimum absolute atomic E-state index is 0. The van der Waals surface area contributed by atoms with Crippen LogP contribution in [0.4, 0.5) is 0 Å². The second kappa shape index (κ2) is 8.77. The summed E-state index contributed by atoms with van der Waals surface area (Å²) in [6.45, 7) is 3.48. The summed E-state index contributed by atoms with van der Waals surface area (Å²) in [7, 11) is 5.88. The van der Waals surface area contributed by atoms with E-state index in [9.17, 15) is 0 Å². The minimum atomic E-state index is 0. The van der Waals surface area contributed by atoms with E-state index < -0.39 is 0 Å². The molecule has 0 unspecified atom stereocenters. The Bertz CT molecular complexity index is 621. The van der Waals surface area contributed by atoms with E-state index in [-0.39, 0.29) is 24.0 Å².